The summed E-state index contributed by atoms with van der Waals surface area (Å²) in [4.78, 5) is 105. The maximum atomic E-state index is 13.5. The van der Waals surface area contributed by atoms with Crippen molar-refractivity contribution in [2.75, 3.05) is 13.1 Å². The Kier molecular flexibility index (Phi) is 17.3. The lowest BCUT2D eigenvalue weighted by molar-refractivity contribution is -0.141. The van der Waals surface area contributed by atoms with Crippen LogP contribution in [0.1, 0.15) is 131 Å². The second kappa shape index (κ2) is 24.2. The number of hydrogen-bond acceptors (Lipinski definition) is 13. The third kappa shape index (κ3) is 12.7. The van der Waals surface area contributed by atoms with Crippen molar-refractivity contribution in [3.05, 3.63) is 136 Å². The minimum absolute atomic E-state index is 0.0194. The zero-order chi connectivity index (χ0) is 55.1. The molecule has 5 atom stereocenters. The number of carbonyl (C=O) groups is 8. The van der Waals surface area contributed by atoms with Crippen molar-refractivity contribution in [2.45, 2.75) is 109 Å². The van der Waals surface area contributed by atoms with Crippen molar-refractivity contribution in [3.8, 4) is 0 Å². The number of amides is 6. The molecule has 6 aromatic rings. The van der Waals surface area contributed by atoms with Gasteiger partial charge in [0, 0.05) is 20.1 Å². The summed E-state index contributed by atoms with van der Waals surface area (Å²) in [5.74, 6) is -4.03. The van der Waals surface area contributed by atoms with Gasteiger partial charge >= 0.3 is 11.9 Å². The van der Waals surface area contributed by atoms with Gasteiger partial charge in [-0.25, -0.2) is 4.68 Å². The van der Waals surface area contributed by atoms with E-state index in [2.05, 4.69) is 42.9 Å². The lowest BCUT2D eigenvalue weighted by Gasteiger charge is -2.30. The van der Waals surface area contributed by atoms with Crippen molar-refractivity contribution in [2.24, 2.45) is 18.9 Å². The van der Waals surface area contributed by atoms with E-state index in [9.17, 15) is 48.6 Å². The van der Waals surface area contributed by atoms with Crippen LogP contribution in [0.4, 0.5) is 0 Å². The van der Waals surface area contributed by atoms with Gasteiger partial charge < -0.3 is 20.8 Å². The Morgan fingerprint density at radius 3 is 1.45 bits per heavy atom. The highest BCUT2D eigenvalue weighted by molar-refractivity contribution is 6.24. The minimum Gasteiger partial charge on any atom is -0.480 e. The highest BCUT2D eigenvalue weighted by Gasteiger charge is 2.39. The van der Waals surface area contributed by atoms with Crippen LogP contribution in [0.25, 0.3) is 21.5 Å². The lowest BCUT2D eigenvalue weighted by Crippen LogP contribution is -2.53. The summed E-state index contributed by atoms with van der Waals surface area (Å²) in [5.41, 5.74) is 3.60. The Labute approximate surface area is 444 Å². The normalized spacial score (nSPS) is 16.4. The first-order chi connectivity index (χ1) is 36.9. The number of rotatable bonds is 21. The van der Waals surface area contributed by atoms with Crippen molar-refractivity contribution in [1.29, 1.82) is 0 Å². The monoisotopic (exact) mass is 1050 g/mol. The number of carboxylic acids is 2. The number of aromatic nitrogens is 4. The SMILES string of the molecule is CC(C)C[C@H](N[C@H](CCN1C(=O)c2cc3ccccc3cc2C1=O)C(=O)O)C(=O)NC1CCCc2ccccc21.CC(C)C[C@H](N[C@H](CCN1C(=O)c2cc3ccccc3cc2C1=O)C(=O)O)C(=O)NCc1nnnn1C. The fourth-order valence-electron chi connectivity index (χ4n) is 10.2. The van der Waals surface area contributed by atoms with E-state index in [-0.39, 0.29) is 56.3 Å². The van der Waals surface area contributed by atoms with Crippen LogP contribution in [0.3, 0.4) is 0 Å². The molecule has 20 nitrogen and oxygen atoms in total. The highest BCUT2D eigenvalue weighted by atomic mass is 16.4. The lowest BCUT2D eigenvalue weighted by atomic mass is 9.87. The molecule has 1 aliphatic carbocycles. The third-order valence-electron chi connectivity index (χ3n) is 14.2. The number of hydrogen-bond donors (Lipinski definition) is 6. The number of aryl methyl sites for hydroxylation is 2. The van der Waals surface area contributed by atoms with Gasteiger partial charge in [0.25, 0.3) is 23.6 Å². The van der Waals surface area contributed by atoms with Gasteiger partial charge in [-0.15, -0.1) is 5.10 Å². The van der Waals surface area contributed by atoms with Crippen LogP contribution >= 0.6 is 0 Å². The van der Waals surface area contributed by atoms with Crippen LogP contribution in [-0.4, -0.2) is 125 Å². The minimum atomic E-state index is -1.18. The van der Waals surface area contributed by atoms with E-state index in [1.165, 1.54) is 10.2 Å². The predicted octanol–water partition coefficient (Wildman–Crippen LogP) is 5.60. The summed E-state index contributed by atoms with van der Waals surface area (Å²) >= 11 is 0. The number of aliphatic carboxylic acids is 2. The molecule has 77 heavy (non-hydrogen) atoms. The molecule has 1 aromatic heterocycles. The fourth-order valence-corrected chi connectivity index (χ4v) is 10.2. The second-order valence-electron chi connectivity index (χ2n) is 20.7. The zero-order valence-corrected chi connectivity index (χ0v) is 43.7. The number of carbonyl (C=O) groups excluding carboxylic acids is 6. The molecular weight excluding hydrogens is 985 g/mol. The van der Waals surface area contributed by atoms with Crippen molar-refractivity contribution >= 4 is 68.9 Å². The van der Waals surface area contributed by atoms with E-state index < -0.39 is 65.6 Å². The molecular formula is C57H64N10O10. The molecule has 0 radical (unpaired) electrons. The van der Waals surface area contributed by atoms with Crippen LogP contribution in [0.15, 0.2) is 97.1 Å². The summed E-state index contributed by atoms with van der Waals surface area (Å²) in [6, 6.07) is 25.9. The van der Waals surface area contributed by atoms with Crippen molar-refractivity contribution in [1.82, 2.24) is 51.3 Å². The van der Waals surface area contributed by atoms with Gasteiger partial charge in [0.05, 0.1) is 46.9 Å². The highest BCUT2D eigenvalue weighted by Crippen LogP contribution is 2.32. The molecule has 3 heterocycles. The molecule has 402 valence electrons. The molecule has 9 rings (SSSR count). The summed E-state index contributed by atoms with van der Waals surface area (Å²) in [6.07, 6.45) is 3.52. The van der Waals surface area contributed by atoms with E-state index >= 15 is 0 Å². The molecule has 5 aromatic carbocycles. The van der Waals surface area contributed by atoms with Gasteiger partial charge in [0.15, 0.2) is 5.82 Å². The van der Waals surface area contributed by atoms with Gasteiger partial charge in [0.2, 0.25) is 11.8 Å². The molecule has 0 fully saturated rings. The van der Waals surface area contributed by atoms with Gasteiger partial charge in [-0.3, -0.25) is 58.8 Å². The predicted molar refractivity (Wildman–Crippen MR) is 284 cm³/mol. The quantitative estimate of drug-likeness (QED) is 0.0479. The van der Waals surface area contributed by atoms with Crippen LogP contribution in [0.2, 0.25) is 0 Å². The maximum Gasteiger partial charge on any atom is 0.320 e. The molecule has 20 heteroatoms. The Morgan fingerprint density at radius 1 is 0.610 bits per heavy atom. The van der Waals surface area contributed by atoms with Crippen LogP contribution in [0, 0.1) is 11.8 Å². The number of nitrogens with one attached hydrogen (secondary N) is 4. The smallest absolute Gasteiger partial charge is 0.320 e. The average Bonchev–Trinajstić information content (AvgIpc) is 4.04. The van der Waals surface area contributed by atoms with E-state index in [0.717, 1.165) is 56.2 Å². The molecule has 0 saturated carbocycles. The Bertz CT molecular complexity index is 3140. The largest absolute Gasteiger partial charge is 0.480 e. The van der Waals surface area contributed by atoms with Crippen molar-refractivity contribution in [3.63, 3.8) is 0 Å². The summed E-state index contributed by atoms with van der Waals surface area (Å²) < 4.78 is 1.43. The molecule has 0 saturated heterocycles. The van der Waals surface area contributed by atoms with Gasteiger partial charge in [-0.1, -0.05) is 100 Å². The zero-order valence-electron chi connectivity index (χ0n) is 43.7. The van der Waals surface area contributed by atoms with Gasteiger partial charge in [-0.05, 0) is 124 Å². The van der Waals surface area contributed by atoms with Crippen molar-refractivity contribution < 1.29 is 48.6 Å². The van der Waals surface area contributed by atoms with E-state index in [4.69, 9.17) is 0 Å². The van der Waals surface area contributed by atoms with Gasteiger partial charge in [0.1, 0.15) is 12.1 Å². The number of imide groups is 2. The standard InChI is InChI=1S/C32H35N3O5.C25H29N7O5/c1-19(2)16-28(29(36)34-26-13-7-11-20-8-5-6-12-23(20)26)33-27(32(39)40)14-15-35-30(37)24-17-21-9-3-4-10-22(21)18-25(24)31(35)38;1-14(2)10-20(22(33)26-13-21-28-29-30-31(21)3)27-19(25(36)37)8-9-32-23(34)17-11-15-6-4-5-7-16(15)12-18(17)24(32)35/h3-6,8-10,12,17-19,26-28,33H,7,11,13-16H2,1-2H3,(H,34,36)(H,39,40);4-7,11-12,14,19-20,27H,8-10,13H2,1-3H3,(H,26,33)(H,36,37)/t26?,27-,28+;19-,20+/m11/s1. The topological polar surface area (TPSA) is 275 Å². The van der Waals surface area contributed by atoms with Crippen LogP contribution in [0.5, 0.6) is 0 Å². The first-order valence-electron chi connectivity index (χ1n) is 26.0. The van der Waals surface area contributed by atoms with Crippen LogP contribution in [-0.2, 0) is 39.2 Å². The molecule has 3 aliphatic rings. The van der Waals surface area contributed by atoms with Gasteiger partial charge in [-0.2, -0.15) is 0 Å². The average molecular weight is 1050 g/mol. The fraction of sp³-hybridized carbons (Fsp3) is 0.386. The Morgan fingerprint density at radius 2 is 1.04 bits per heavy atom. The molecule has 0 bridgehead atoms. The molecule has 6 N–H and O–H groups in total. The number of fused-ring (bicyclic) bond motifs is 5. The first kappa shape index (κ1) is 55.0. The van der Waals surface area contributed by atoms with E-state index in [1.54, 1.807) is 31.3 Å². The molecule has 2 aliphatic heterocycles. The number of benzene rings is 5. The number of tetrazole rings is 1. The summed E-state index contributed by atoms with van der Waals surface area (Å²) in [5, 5.41) is 46.2. The number of carboxylic acid groups (broad SMARTS) is 2. The summed E-state index contributed by atoms with van der Waals surface area (Å²) in [6.45, 7) is 7.72. The van der Waals surface area contributed by atoms with E-state index in [0.29, 0.717) is 40.9 Å². The Hall–Kier alpha value is -8.23. The molecule has 6 amide bonds. The molecule has 0 spiro atoms. The molecule has 1 unspecified atom stereocenters. The third-order valence-corrected chi connectivity index (χ3v) is 14.2. The number of nitrogens with zero attached hydrogens (tertiary/aromatic N) is 6. The second-order valence-corrected chi connectivity index (χ2v) is 20.7. The Balaban J connectivity index is 0.000000204. The van der Waals surface area contributed by atoms with Crippen LogP contribution < -0.4 is 21.3 Å². The maximum absolute atomic E-state index is 13.5. The van der Waals surface area contributed by atoms with E-state index in [1.807, 2.05) is 94.4 Å². The first-order valence-corrected chi connectivity index (χ1v) is 26.0. The summed E-state index contributed by atoms with van der Waals surface area (Å²) in [7, 11) is 1.65.